The number of rotatable bonds is 6. The van der Waals surface area contributed by atoms with Crippen LogP contribution in [0.25, 0.3) is 0 Å². The van der Waals surface area contributed by atoms with Crippen LogP contribution in [0.2, 0.25) is 0 Å². The average molecular weight is 471 g/mol. The van der Waals surface area contributed by atoms with Crippen LogP contribution < -0.4 is 10.1 Å². The molecule has 0 radical (unpaired) electrons. The molecule has 2 aliphatic rings. The summed E-state index contributed by atoms with van der Waals surface area (Å²) in [6.45, 7) is 8.43. The number of amides is 1. The Hall–Kier alpha value is -1.96. The lowest BCUT2D eigenvalue weighted by atomic mass is 9.84. The van der Waals surface area contributed by atoms with Crippen molar-refractivity contribution in [3.63, 3.8) is 0 Å². The third-order valence-electron chi connectivity index (χ3n) is 6.42. The van der Waals surface area contributed by atoms with Crippen molar-refractivity contribution in [1.82, 2.24) is 10.2 Å². The van der Waals surface area contributed by atoms with E-state index in [4.69, 9.17) is 9.47 Å². The van der Waals surface area contributed by atoms with Gasteiger partial charge in [0.1, 0.15) is 17.5 Å². The first-order valence-electron chi connectivity index (χ1n) is 12.0. The average Bonchev–Trinajstić information content (AvgIpc) is 2.72. The lowest BCUT2D eigenvalue weighted by Crippen LogP contribution is -2.41. The fraction of sp³-hybridized carbons (Fsp3) is 0.720. The van der Waals surface area contributed by atoms with E-state index < -0.39 is 17.3 Å². The summed E-state index contributed by atoms with van der Waals surface area (Å²) >= 11 is 0. The molecule has 0 spiro atoms. The van der Waals surface area contributed by atoms with E-state index in [2.05, 4.69) is 10.2 Å². The lowest BCUT2D eigenvalue weighted by Gasteiger charge is -2.34. The molecule has 1 N–H and O–H groups in total. The number of nitrogens with zero attached hydrogens (tertiary/aromatic N) is 1. The maximum atomic E-state index is 12.9. The summed E-state index contributed by atoms with van der Waals surface area (Å²) in [5, 5.41) is 2.99. The molecular formula is C25H37F3N2O3. The number of hydrogen-bond donors (Lipinski definition) is 1. The first-order chi connectivity index (χ1) is 15.5. The number of benzene rings is 1. The molecule has 3 rings (SSSR count). The Morgan fingerprint density at radius 2 is 1.73 bits per heavy atom. The molecule has 1 aliphatic heterocycles. The zero-order valence-electron chi connectivity index (χ0n) is 19.9. The molecule has 1 heterocycles. The van der Waals surface area contributed by atoms with Gasteiger partial charge in [0, 0.05) is 19.1 Å². The number of carbonyl (C=O) groups is 1. The second-order valence-corrected chi connectivity index (χ2v) is 10.3. The van der Waals surface area contributed by atoms with Gasteiger partial charge in [-0.3, -0.25) is 0 Å². The van der Waals surface area contributed by atoms with Crippen molar-refractivity contribution < 1.29 is 27.4 Å². The molecule has 5 nitrogen and oxygen atoms in total. The maximum absolute atomic E-state index is 12.9. The second-order valence-electron chi connectivity index (χ2n) is 10.3. The van der Waals surface area contributed by atoms with Crippen LogP contribution in [0.1, 0.15) is 71.3 Å². The van der Waals surface area contributed by atoms with Gasteiger partial charge in [0.15, 0.2) is 0 Å². The van der Waals surface area contributed by atoms with Crippen LogP contribution in [0.4, 0.5) is 18.0 Å². The molecule has 1 saturated heterocycles. The number of alkyl carbamates (subject to hydrolysis) is 1. The number of alkyl halides is 3. The van der Waals surface area contributed by atoms with E-state index in [-0.39, 0.29) is 18.2 Å². The number of ether oxygens (including phenoxy) is 2. The van der Waals surface area contributed by atoms with Crippen LogP contribution >= 0.6 is 0 Å². The van der Waals surface area contributed by atoms with Gasteiger partial charge in [-0.1, -0.05) is 6.07 Å². The number of hydrogen-bond acceptors (Lipinski definition) is 4. The summed E-state index contributed by atoms with van der Waals surface area (Å²) in [7, 11) is 0. The molecule has 186 valence electrons. The van der Waals surface area contributed by atoms with Crippen molar-refractivity contribution in [2.75, 3.05) is 19.6 Å². The van der Waals surface area contributed by atoms with Crippen molar-refractivity contribution in [3.05, 3.63) is 29.8 Å². The Labute approximate surface area is 195 Å². The van der Waals surface area contributed by atoms with Gasteiger partial charge in [-0.25, -0.2) is 4.79 Å². The molecule has 0 unspecified atom stereocenters. The molecule has 0 bridgehead atoms. The van der Waals surface area contributed by atoms with Gasteiger partial charge in [-0.15, -0.1) is 0 Å². The molecule has 2 fully saturated rings. The smallest absolute Gasteiger partial charge is 0.416 e. The van der Waals surface area contributed by atoms with Crippen LogP contribution in [0, 0.1) is 5.92 Å². The maximum Gasteiger partial charge on any atom is 0.416 e. The summed E-state index contributed by atoms with van der Waals surface area (Å²) in [6.07, 6.45) is 2.23. The minimum absolute atomic E-state index is 0.0425. The van der Waals surface area contributed by atoms with Gasteiger partial charge >= 0.3 is 12.3 Å². The lowest BCUT2D eigenvalue weighted by molar-refractivity contribution is -0.137. The second kappa shape index (κ2) is 11.0. The summed E-state index contributed by atoms with van der Waals surface area (Å²) < 4.78 is 49.8. The fourth-order valence-electron chi connectivity index (χ4n) is 4.62. The van der Waals surface area contributed by atoms with Crippen molar-refractivity contribution >= 4 is 6.09 Å². The first-order valence-corrected chi connectivity index (χ1v) is 12.0. The molecule has 1 saturated carbocycles. The van der Waals surface area contributed by atoms with Gasteiger partial charge in [-0.05, 0) is 96.4 Å². The van der Waals surface area contributed by atoms with Crippen molar-refractivity contribution in [3.8, 4) is 5.75 Å². The monoisotopic (exact) mass is 470 g/mol. The minimum Gasteiger partial charge on any atom is -0.490 e. The Morgan fingerprint density at radius 1 is 1.06 bits per heavy atom. The van der Waals surface area contributed by atoms with Crippen LogP contribution in [0.5, 0.6) is 5.75 Å². The molecule has 1 aliphatic carbocycles. The van der Waals surface area contributed by atoms with E-state index >= 15 is 0 Å². The van der Waals surface area contributed by atoms with E-state index in [9.17, 15) is 18.0 Å². The third kappa shape index (κ3) is 8.72. The molecule has 1 amide bonds. The quantitative estimate of drug-likeness (QED) is 0.552. The van der Waals surface area contributed by atoms with Gasteiger partial charge in [0.2, 0.25) is 0 Å². The largest absolute Gasteiger partial charge is 0.490 e. The van der Waals surface area contributed by atoms with Crippen molar-refractivity contribution in [2.24, 2.45) is 5.92 Å². The third-order valence-corrected chi connectivity index (χ3v) is 6.42. The predicted molar refractivity (Wildman–Crippen MR) is 121 cm³/mol. The minimum atomic E-state index is -4.35. The first kappa shape index (κ1) is 25.7. The highest BCUT2D eigenvalue weighted by molar-refractivity contribution is 5.68. The SMILES string of the molecule is CC(C)(C)OC(=O)NC1CCC(CCN2CCC(Oc3cccc(C(F)(F)F)c3)CC2)CC1. The standard InChI is InChI=1S/C25H37F3N2O3/c1-24(2,3)33-23(31)29-20-9-7-18(8-10-20)11-14-30-15-12-21(13-16-30)32-22-6-4-5-19(17-22)25(26,27)28/h4-6,17-18,20-21H,7-16H2,1-3H3,(H,29,31). The summed E-state index contributed by atoms with van der Waals surface area (Å²) in [4.78, 5) is 14.4. The van der Waals surface area contributed by atoms with Crippen LogP contribution in [-0.2, 0) is 10.9 Å². The Kier molecular flexibility index (Phi) is 8.54. The normalized spacial score (nSPS) is 23.2. The molecule has 1 aromatic carbocycles. The van der Waals surface area contributed by atoms with E-state index in [0.717, 1.165) is 76.7 Å². The summed E-state index contributed by atoms with van der Waals surface area (Å²) in [6, 6.07) is 5.33. The summed E-state index contributed by atoms with van der Waals surface area (Å²) in [5.41, 5.74) is -1.15. The van der Waals surface area contributed by atoms with Crippen LogP contribution in [0.15, 0.2) is 24.3 Å². The number of carbonyl (C=O) groups excluding carboxylic acids is 1. The predicted octanol–water partition coefficient (Wildman–Crippen LogP) is 6.02. The molecule has 8 heteroatoms. The fourth-order valence-corrected chi connectivity index (χ4v) is 4.62. The van der Waals surface area contributed by atoms with Gasteiger partial charge < -0.3 is 19.7 Å². The highest BCUT2D eigenvalue weighted by Crippen LogP contribution is 2.32. The topological polar surface area (TPSA) is 50.8 Å². The van der Waals surface area contributed by atoms with Crippen molar-refractivity contribution in [1.29, 1.82) is 0 Å². The zero-order chi connectivity index (χ0) is 24.1. The van der Waals surface area contributed by atoms with E-state index in [1.54, 1.807) is 6.07 Å². The Bertz CT molecular complexity index is 763. The van der Waals surface area contributed by atoms with Gasteiger partial charge in [-0.2, -0.15) is 13.2 Å². The zero-order valence-corrected chi connectivity index (χ0v) is 19.9. The molecule has 0 aromatic heterocycles. The Balaban J connectivity index is 1.32. The van der Waals surface area contributed by atoms with Gasteiger partial charge in [0.05, 0.1) is 5.56 Å². The molecule has 0 atom stereocenters. The van der Waals surface area contributed by atoms with Crippen LogP contribution in [0.3, 0.4) is 0 Å². The molecule has 1 aromatic rings. The highest BCUT2D eigenvalue weighted by Gasteiger charge is 2.31. The van der Waals surface area contributed by atoms with E-state index in [0.29, 0.717) is 11.7 Å². The van der Waals surface area contributed by atoms with Gasteiger partial charge in [0.25, 0.3) is 0 Å². The Morgan fingerprint density at radius 3 is 2.33 bits per heavy atom. The number of halogens is 3. The number of nitrogens with one attached hydrogen (secondary N) is 1. The summed E-state index contributed by atoms with van der Waals surface area (Å²) in [5.74, 6) is 0.959. The van der Waals surface area contributed by atoms with Crippen LogP contribution in [-0.4, -0.2) is 48.4 Å². The van der Waals surface area contributed by atoms with Crippen molar-refractivity contribution in [2.45, 2.75) is 89.6 Å². The van der Waals surface area contributed by atoms with E-state index in [1.165, 1.54) is 6.07 Å². The molecule has 33 heavy (non-hydrogen) atoms. The molecular weight excluding hydrogens is 433 g/mol. The number of likely N-dealkylation sites (tertiary alicyclic amines) is 1. The van der Waals surface area contributed by atoms with E-state index in [1.807, 2.05) is 20.8 Å². The number of piperidine rings is 1. The highest BCUT2D eigenvalue weighted by atomic mass is 19.4.